The number of nitrogens with two attached hydrogens (primary N) is 1. The molecule has 0 bridgehead atoms. The van der Waals surface area contributed by atoms with Crippen molar-refractivity contribution < 1.29 is 5.11 Å². The Labute approximate surface area is 91.1 Å². The fourth-order valence-electron chi connectivity index (χ4n) is 2.27. The van der Waals surface area contributed by atoms with Crippen LogP contribution < -0.4 is 5.73 Å². The lowest BCUT2D eigenvalue weighted by atomic mass is 9.97. The predicted octanol–water partition coefficient (Wildman–Crippen LogP) is 1.73. The van der Waals surface area contributed by atoms with E-state index in [1.165, 1.54) is 16.7 Å². The van der Waals surface area contributed by atoms with Crippen molar-refractivity contribution in [2.24, 2.45) is 11.1 Å². The molecule has 0 aliphatic heterocycles. The van der Waals surface area contributed by atoms with Gasteiger partial charge in [0.05, 0.1) is 6.61 Å². The fraction of sp³-hybridized carbons (Fsp3) is 0.538. The summed E-state index contributed by atoms with van der Waals surface area (Å²) < 4.78 is 0. The van der Waals surface area contributed by atoms with Gasteiger partial charge < -0.3 is 10.8 Å². The second kappa shape index (κ2) is 3.62. The predicted molar refractivity (Wildman–Crippen MR) is 61.8 cm³/mol. The van der Waals surface area contributed by atoms with Crippen LogP contribution in [0.4, 0.5) is 0 Å². The van der Waals surface area contributed by atoms with E-state index in [2.05, 4.69) is 32.0 Å². The molecule has 15 heavy (non-hydrogen) atoms. The Balaban J connectivity index is 2.23. The van der Waals surface area contributed by atoms with Crippen molar-refractivity contribution >= 4 is 0 Å². The molecule has 1 aromatic carbocycles. The molecule has 1 aromatic rings. The smallest absolute Gasteiger partial charge is 0.0505 e. The van der Waals surface area contributed by atoms with E-state index in [4.69, 9.17) is 5.73 Å². The van der Waals surface area contributed by atoms with Gasteiger partial charge in [-0.25, -0.2) is 0 Å². The van der Waals surface area contributed by atoms with Crippen molar-refractivity contribution in [1.29, 1.82) is 0 Å². The molecule has 1 saturated carbocycles. The Bertz CT molecular complexity index is 369. The molecule has 3 N–H and O–H groups in total. The topological polar surface area (TPSA) is 46.2 Å². The van der Waals surface area contributed by atoms with Crippen LogP contribution in [0.1, 0.15) is 29.0 Å². The molecule has 0 amide bonds. The van der Waals surface area contributed by atoms with Gasteiger partial charge >= 0.3 is 0 Å². The van der Waals surface area contributed by atoms with Crippen LogP contribution in [0.3, 0.4) is 0 Å². The molecule has 2 rings (SSSR count). The van der Waals surface area contributed by atoms with E-state index < -0.39 is 0 Å². The molecular weight excluding hydrogens is 186 g/mol. The first-order valence-electron chi connectivity index (χ1n) is 5.51. The minimum atomic E-state index is -0.0261. The normalized spacial score (nSPS) is 29.2. The first-order valence-corrected chi connectivity index (χ1v) is 5.51. The first-order chi connectivity index (χ1) is 7.13. The maximum atomic E-state index is 9.33. The van der Waals surface area contributed by atoms with Gasteiger partial charge in [0, 0.05) is 12.0 Å². The summed E-state index contributed by atoms with van der Waals surface area (Å²) in [6.07, 6.45) is 1.03. The molecule has 1 aliphatic rings. The Morgan fingerprint density at radius 1 is 1.40 bits per heavy atom. The largest absolute Gasteiger partial charge is 0.396 e. The van der Waals surface area contributed by atoms with Gasteiger partial charge in [0.15, 0.2) is 0 Å². The Kier molecular flexibility index (Phi) is 2.57. The summed E-state index contributed by atoms with van der Waals surface area (Å²) in [5, 5.41) is 9.33. The number of hydrogen-bond donors (Lipinski definition) is 2. The van der Waals surface area contributed by atoms with Crippen molar-refractivity contribution in [2.75, 3.05) is 13.2 Å². The Hall–Kier alpha value is -0.860. The number of aliphatic hydroxyl groups is 1. The average molecular weight is 205 g/mol. The lowest BCUT2D eigenvalue weighted by Gasteiger charge is -2.12. The highest BCUT2D eigenvalue weighted by molar-refractivity contribution is 5.37. The van der Waals surface area contributed by atoms with Gasteiger partial charge in [-0.3, -0.25) is 0 Å². The molecule has 0 unspecified atom stereocenters. The average Bonchev–Trinajstić information content (AvgIpc) is 2.97. The molecule has 1 fully saturated rings. The summed E-state index contributed by atoms with van der Waals surface area (Å²) in [6, 6.07) is 6.55. The van der Waals surface area contributed by atoms with Crippen LogP contribution in [0.5, 0.6) is 0 Å². The molecule has 2 heteroatoms. The number of aliphatic hydroxyl groups excluding tert-OH is 1. The van der Waals surface area contributed by atoms with Gasteiger partial charge in [0.2, 0.25) is 0 Å². The summed E-state index contributed by atoms with van der Waals surface area (Å²) in [6.45, 7) is 5.04. The molecule has 0 saturated heterocycles. The quantitative estimate of drug-likeness (QED) is 0.789. The van der Waals surface area contributed by atoms with Crippen LogP contribution in [0.2, 0.25) is 0 Å². The zero-order chi connectivity index (χ0) is 11.1. The van der Waals surface area contributed by atoms with Crippen molar-refractivity contribution in [1.82, 2.24) is 0 Å². The molecule has 82 valence electrons. The van der Waals surface area contributed by atoms with E-state index in [9.17, 15) is 5.11 Å². The third-order valence-electron chi connectivity index (χ3n) is 3.84. The number of rotatable bonds is 3. The van der Waals surface area contributed by atoms with Crippen molar-refractivity contribution in [3.05, 3.63) is 34.9 Å². The summed E-state index contributed by atoms with van der Waals surface area (Å²) in [4.78, 5) is 0. The van der Waals surface area contributed by atoms with E-state index >= 15 is 0 Å². The van der Waals surface area contributed by atoms with Gasteiger partial charge in [0.25, 0.3) is 0 Å². The van der Waals surface area contributed by atoms with Crippen LogP contribution in [0.25, 0.3) is 0 Å². The highest BCUT2D eigenvalue weighted by Crippen LogP contribution is 2.58. The second-order valence-corrected chi connectivity index (χ2v) is 4.83. The minimum Gasteiger partial charge on any atom is -0.396 e. The maximum absolute atomic E-state index is 9.33. The highest BCUT2D eigenvalue weighted by atomic mass is 16.3. The molecular formula is C13H19NO. The number of aryl methyl sites for hydroxylation is 2. The number of benzene rings is 1. The highest BCUT2D eigenvalue weighted by Gasteiger charge is 2.53. The molecule has 2 nitrogen and oxygen atoms in total. The van der Waals surface area contributed by atoms with E-state index in [1.54, 1.807) is 0 Å². The van der Waals surface area contributed by atoms with Crippen LogP contribution in [-0.4, -0.2) is 18.3 Å². The molecule has 0 radical (unpaired) electrons. The SMILES string of the molecule is Cc1ccc([C@H]2C[C@@]2(CN)CO)cc1C. The third-order valence-corrected chi connectivity index (χ3v) is 3.84. The first kappa shape index (κ1) is 10.7. The van der Waals surface area contributed by atoms with E-state index in [-0.39, 0.29) is 12.0 Å². The summed E-state index contributed by atoms with van der Waals surface area (Å²) in [7, 11) is 0. The monoisotopic (exact) mass is 205 g/mol. The third kappa shape index (κ3) is 1.68. The lowest BCUT2D eigenvalue weighted by Crippen LogP contribution is -2.21. The van der Waals surface area contributed by atoms with Gasteiger partial charge in [0.1, 0.15) is 0 Å². The van der Waals surface area contributed by atoms with Crippen molar-refractivity contribution in [3.63, 3.8) is 0 Å². The van der Waals surface area contributed by atoms with Gasteiger partial charge in [-0.15, -0.1) is 0 Å². The van der Waals surface area contributed by atoms with Gasteiger partial charge in [-0.05, 0) is 42.9 Å². The van der Waals surface area contributed by atoms with Crippen LogP contribution >= 0.6 is 0 Å². The van der Waals surface area contributed by atoms with E-state index in [0.717, 1.165) is 6.42 Å². The van der Waals surface area contributed by atoms with Crippen molar-refractivity contribution in [2.45, 2.75) is 26.2 Å². The van der Waals surface area contributed by atoms with Crippen LogP contribution in [-0.2, 0) is 0 Å². The second-order valence-electron chi connectivity index (χ2n) is 4.83. The Morgan fingerprint density at radius 3 is 2.60 bits per heavy atom. The minimum absolute atomic E-state index is 0.0261. The standard InChI is InChI=1S/C13H19NO/c1-9-3-4-11(5-10(9)2)12-6-13(12,7-14)8-15/h3-5,12,15H,6-8,14H2,1-2H3/t12-,13-/m1/s1. The number of hydrogen-bond acceptors (Lipinski definition) is 2. The summed E-state index contributed by atoms with van der Waals surface area (Å²) in [5.41, 5.74) is 9.66. The molecule has 1 aliphatic carbocycles. The molecule has 0 spiro atoms. The summed E-state index contributed by atoms with van der Waals surface area (Å²) in [5.74, 6) is 0.465. The van der Waals surface area contributed by atoms with Crippen LogP contribution in [0.15, 0.2) is 18.2 Å². The molecule has 0 aromatic heterocycles. The van der Waals surface area contributed by atoms with Crippen LogP contribution in [0, 0.1) is 19.3 Å². The van der Waals surface area contributed by atoms with Crippen molar-refractivity contribution in [3.8, 4) is 0 Å². The molecule has 0 heterocycles. The Morgan fingerprint density at radius 2 is 2.13 bits per heavy atom. The zero-order valence-corrected chi connectivity index (χ0v) is 9.46. The fourth-order valence-corrected chi connectivity index (χ4v) is 2.27. The van der Waals surface area contributed by atoms with Gasteiger partial charge in [-0.1, -0.05) is 18.2 Å². The molecule has 2 atom stereocenters. The zero-order valence-electron chi connectivity index (χ0n) is 9.46. The van der Waals surface area contributed by atoms with E-state index in [1.807, 2.05) is 0 Å². The maximum Gasteiger partial charge on any atom is 0.0505 e. The van der Waals surface area contributed by atoms with Gasteiger partial charge in [-0.2, -0.15) is 0 Å². The van der Waals surface area contributed by atoms with E-state index in [0.29, 0.717) is 12.5 Å². The summed E-state index contributed by atoms with van der Waals surface area (Å²) >= 11 is 0. The lowest BCUT2D eigenvalue weighted by molar-refractivity contribution is 0.211.